The summed E-state index contributed by atoms with van der Waals surface area (Å²) in [7, 11) is -2.29. The van der Waals surface area contributed by atoms with E-state index in [9.17, 15) is 12.8 Å². The maximum absolute atomic E-state index is 14.7. The van der Waals surface area contributed by atoms with Crippen molar-refractivity contribution in [1.29, 1.82) is 0 Å². The minimum Gasteiger partial charge on any atom is -0.382 e. The van der Waals surface area contributed by atoms with Crippen molar-refractivity contribution in [2.45, 2.75) is 23.8 Å². The highest BCUT2D eigenvalue weighted by Crippen LogP contribution is 2.30. The van der Waals surface area contributed by atoms with E-state index in [0.717, 1.165) is 35.5 Å². The molecule has 0 saturated heterocycles. The molecule has 0 amide bonds. The largest absolute Gasteiger partial charge is 0.382 e. The number of thiazole rings is 1. The van der Waals surface area contributed by atoms with Crippen molar-refractivity contribution in [1.82, 2.24) is 10.3 Å². The maximum atomic E-state index is 14.7. The molecule has 0 aliphatic rings. The van der Waals surface area contributed by atoms with Crippen molar-refractivity contribution in [3.8, 4) is 0 Å². The second-order valence-electron chi connectivity index (χ2n) is 7.03. The van der Waals surface area contributed by atoms with Crippen molar-refractivity contribution in [2.75, 3.05) is 23.6 Å². The molecule has 160 valence electrons. The standard InChI is InChI=1S/C20H22ClFN4O2S2/c1-20(23-2,12-14-6-4-3-5-7-14)13-25-17-11-16(22)18(10-15(17)21)30(27,28)26-19-24-8-9-29-19/h3-11,23,25H,12-13H2,1-2H3,(H,24,26). The number of hydrogen-bond acceptors (Lipinski definition) is 6. The van der Waals surface area contributed by atoms with Crippen molar-refractivity contribution in [2.24, 2.45) is 0 Å². The number of aromatic nitrogens is 1. The molecule has 3 rings (SSSR count). The lowest BCUT2D eigenvalue weighted by molar-refractivity contribution is 0.403. The number of rotatable bonds is 9. The fraction of sp³-hybridized carbons (Fsp3) is 0.250. The number of benzene rings is 2. The second kappa shape index (κ2) is 9.30. The van der Waals surface area contributed by atoms with Gasteiger partial charge in [-0.1, -0.05) is 41.9 Å². The van der Waals surface area contributed by atoms with Gasteiger partial charge in [0, 0.05) is 23.7 Å². The molecule has 1 aromatic heterocycles. The molecular weight excluding hydrogens is 447 g/mol. The van der Waals surface area contributed by atoms with Crippen LogP contribution >= 0.6 is 22.9 Å². The van der Waals surface area contributed by atoms with Gasteiger partial charge in [-0.15, -0.1) is 11.3 Å². The highest BCUT2D eigenvalue weighted by molar-refractivity contribution is 7.93. The smallest absolute Gasteiger partial charge is 0.266 e. The van der Waals surface area contributed by atoms with E-state index in [0.29, 0.717) is 12.2 Å². The van der Waals surface area contributed by atoms with Crippen LogP contribution in [0.2, 0.25) is 5.02 Å². The Kier molecular flexibility index (Phi) is 6.97. The molecule has 1 heterocycles. The van der Waals surface area contributed by atoms with Crippen LogP contribution in [0.5, 0.6) is 0 Å². The minimum absolute atomic E-state index is 0.106. The first kappa shape index (κ1) is 22.5. The normalized spacial score (nSPS) is 13.6. The fourth-order valence-corrected chi connectivity index (χ4v) is 5.06. The van der Waals surface area contributed by atoms with Gasteiger partial charge in [0.15, 0.2) is 5.13 Å². The van der Waals surface area contributed by atoms with Crippen molar-refractivity contribution in [3.05, 3.63) is 70.4 Å². The number of likely N-dealkylation sites (N-methyl/N-ethyl adjacent to an activating group) is 1. The summed E-state index contributed by atoms with van der Waals surface area (Å²) in [6.07, 6.45) is 2.19. The number of hydrogen-bond donors (Lipinski definition) is 3. The van der Waals surface area contributed by atoms with Crippen LogP contribution in [-0.2, 0) is 16.4 Å². The summed E-state index contributed by atoms with van der Waals surface area (Å²) in [5.41, 5.74) is 1.14. The third-order valence-corrected chi connectivity index (χ3v) is 7.16. The van der Waals surface area contributed by atoms with Crippen LogP contribution < -0.4 is 15.4 Å². The molecule has 0 bridgehead atoms. The second-order valence-corrected chi connectivity index (χ2v) is 9.98. The molecule has 10 heteroatoms. The average molecular weight is 469 g/mol. The molecule has 0 aliphatic heterocycles. The first-order valence-corrected chi connectivity index (χ1v) is 11.8. The van der Waals surface area contributed by atoms with E-state index in [1.165, 1.54) is 6.20 Å². The van der Waals surface area contributed by atoms with E-state index in [4.69, 9.17) is 11.6 Å². The molecule has 0 fully saturated rings. The first-order valence-electron chi connectivity index (χ1n) is 9.10. The summed E-state index contributed by atoms with van der Waals surface area (Å²) >= 11 is 7.36. The zero-order chi connectivity index (χ0) is 21.8. The molecule has 0 radical (unpaired) electrons. The lowest BCUT2D eigenvalue weighted by atomic mass is 9.92. The van der Waals surface area contributed by atoms with E-state index in [1.807, 2.05) is 44.3 Å². The molecule has 0 aliphatic carbocycles. The van der Waals surface area contributed by atoms with E-state index in [-0.39, 0.29) is 15.7 Å². The van der Waals surface area contributed by atoms with Crippen LogP contribution in [0.15, 0.2) is 58.9 Å². The van der Waals surface area contributed by atoms with Crippen LogP contribution in [0, 0.1) is 5.82 Å². The van der Waals surface area contributed by atoms with Gasteiger partial charge < -0.3 is 10.6 Å². The maximum Gasteiger partial charge on any atom is 0.266 e. The molecule has 3 aromatic rings. The van der Waals surface area contributed by atoms with Crippen LogP contribution in [0.4, 0.5) is 15.2 Å². The fourth-order valence-electron chi connectivity index (χ4n) is 2.89. The third kappa shape index (κ3) is 5.48. The van der Waals surface area contributed by atoms with Gasteiger partial charge in [-0.2, -0.15) is 0 Å². The molecule has 0 spiro atoms. The van der Waals surface area contributed by atoms with E-state index in [1.54, 1.807) is 5.38 Å². The predicted molar refractivity (Wildman–Crippen MR) is 120 cm³/mol. The van der Waals surface area contributed by atoms with Gasteiger partial charge in [-0.3, -0.25) is 4.72 Å². The first-order chi connectivity index (χ1) is 14.2. The van der Waals surface area contributed by atoms with E-state index >= 15 is 0 Å². The van der Waals surface area contributed by atoms with Crippen molar-refractivity contribution >= 4 is 43.8 Å². The van der Waals surface area contributed by atoms with Crippen LogP contribution in [-0.4, -0.2) is 32.5 Å². The van der Waals surface area contributed by atoms with Gasteiger partial charge >= 0.3 is 0 Å². The Balaban J connectivity index is 1.76. The van der Waals surface area contributed by atoms with Gasteiger partial charge in [-0.05, 0) is 38.1 Å². The minimum atomic E-state index is -4.14. The van der Waals surface area contributed by atoms with Crippen molar-refractivity contribution in [3.63, 3.8) is 0 Å². The zero-order valence-corrected chi connectivity index (χ0v) is 18.8. The highest BCUT2D eigenvalue weighted by Gasteiger charge is 2.25. The van der Waals surface area contributed by atoms with Gasteiger partial charge in [0.2, 0.25) is 0 Å². The number of sulfonamides is 1. The average Bonchev–Trinajstić information content (AvgIpc) is 3.21. The Morgan fingerprint density at radius 1 is 1.23 bits per heavy atom. The number of anilines is 2. The summed E-state index contributed by atoms with van der Waals surface area (Å²) in [5, 5.41) is 8.28. The molecular formula is C20H22ClFN4O2S2. The predicted octanol–water partition coefficient (Wildman–Crippen LogP) is 4.37. The number of nitrogens with one attached hydrogen (secondary N) is 3. The zero-order valence-electron chi connectivity index (χ0n) is 16.4. The van der Waals surface area contributed by atoms with Gasteiger partial charge in [0.25, 0.3) is 10.0 Å². The third-order valence-electron chi connectivity index (χ3n) is 4.67. The summed E-state index contributed by atoms with van der Waals surface area (Å²) in [4.78, 5) is 3.32. The molecule has 1 atom stereocenters. The topological polar surface area (TPSA) is 83.1 Å². The Morgan fingerprint density at radius 3 is 2.60 bits per heavy atom. The SMILES string of the molecule is CNC(C)(CNc1cc(F)c(S(=O)(=O)Nc2nccs2)cc1Cl)Cc1ccccc1. The Morgan fingerprint density at radius 2 is 1.97 bits per heavy atom. The Labute approximate surface area is 184 Å². The summed E-state index contributed by atoms with van der Waals surface area (Å²) < 4.78 is 41.9. The number of nitrogens with zero attached hydrogens (tertiary/aromatic N) is 1. The van der Waals surface area contributed by atoms with Gasteiger partial charge in [-0.25, -0.2) is 17.8 Å². The molecule has 2 aromatic carbocycles. The quantitative estimate of drug-likeness (QED) is 0.434. The lowest BCUT2D eigenvalue weighted by Gasteiger charge is -2.30. The monoisotopic (exact) mass is 468 g/mol. The molecule has 3 N–H and O–H groups in total. The van der Waals surface area contributed by atoms with Crippen molar-refractivity contribution < 1.29 is 12.8 Å². The molecule has 1 unspecified atom stereocenters. The summed E-state index contributed by atoms with van der Waals surface area (Å²) in [6, 6.07) is 12.2. The lowest BCUT2D eigenvalue weighted by Crippen LogP contribution is -2.47. The molecule has 30 heavy (non-hydrogen) atoms. The summed E-state index contributed by atoms with van der Waals surface area (Å²) in [6.45, 7) is 2.48. The number of halogens is 2. The molecule has 0 saturated carbocycles. The van der Waals surface area contributed by atoms with Crippen LogP contribution in [0.25, 0.3) is 0 Å². The van der Waals surface area contributed by atoms with Crippen LogP contribution in [0.3, 0.4) is 0 Å². The Bertz CT molecular complexity index is 1100. The summed E-state index contributed by atoms with van der Waals surface area (Å²) in [5.74, 6) is -0.903. The van der Waals surface area contributed by atoms with Crippen LogP contribution in [0.1, 0.15) is 12.5 Å². The van der Waals surface area contributed by atoms with Gasteiger partial charge in [0.05, 0.1) is 10.7 Å². The van der Waals surface area contributed by atoms with E-state index in [2.05, 4.69) is 20.3 Å². The van der Waals surface area contributed by atoms with E-state index < -0.39 is 20.7 Å². The highest BCUT2D eigenvalue weighted by atomic mass is 35.5. The molecule has 6 nitrogen and oxygen atoms in total. The van der Waals surface area contributed by atoms with Gasteiger partial charge in [0.1, 0.15) is 10.7 Å². The Hall–Kier alpha value is -2.20.